The van der Waals surface area contributed by atoms with E-state index in [2.05, 4.69) is 28.7 Å². The van der Waals surface area contributed by atoms with Gasteiger partial charge in [-0.3, -0.25) is 4.90 Å². The van der Waals surface area contributed by atoms with E-state index in [1.807, 2.05) is 6.92 Å². The molecule has 0 spiro atoms. The Kier molecular flexibility index (Phi) is 4.71. The molecule has 19 heavy (non-hydrogen) atoms. The topological polar surface area (TPSA) is 64.3 Å². The van der Waals surface area contributed by atoms with Crippen LogP contribution in [0.3, 0.4) is 0 Å². The Bertz CT molecular complexity index is 410. The lowest BCUT2D eigenvalue weighted by atomic mass is 10.1. The van der Waals surface area contributed by atoms with Crippen molar-refractivity contribution in [3.63, 3.8) is 0 Å². The second kappa shape index (κ2) is 6.30. The number of anilines is 1. The third-order valence-corrected chi connectivity index (χ3v) is 3.60. The number of nitrogens with two attached hydrogens (primary N) is 1. The highest BCUT2D eigenvalue weighted by molar-refractivity contribution is 5.42. The predicted octanol–water partition coefficient (Wildman–Crippen LogP) is 1.71. The monoisotopic (exact) mass is 264 g/mol. The summed E-state index contributed by atoms with van der Waals surface area (Å²) < 4.78 is 5.80. The average Bonchev–Trinajstić information content (AvgIpc) is 2.39. The quantitative estimate of drug-likeness (QED) is 0.897. The molecule has 1 aliphatic heterocycles. The van der Waals surface area contributed by atoms with Crippen LogP contribution in [-0.4, -0.2) is 41.1 Å². The molecule has 0 saturated carbocycles. The molecule has 0 aliphatic carbocycles. The van der Waals surface area contributed by atoms with Crippen molar-refractivity contribution < 1.29 is 4.74 Å². The van der Waals surface area contributed by atoms with Gasteiger partial charge in [0.15, 0.2) is 5.82 Å². The first-order chi connectivity index (χ1) is 9.15. The summed E-state index contributed by atoms with van der Waals surface area (Å²) >= 11 is 0. The zero-order valence-electron chi connectivity index (χ0n) is 12.1. The number of hydrogen-bond donors (Lipinski definition) is 1. The van der Waals surface area contributed by atoms with Gasteiger partial charge in [-0.1, -0.05) is 13.8 Å². The Hall–Kier alpha value is -1.20. The van der Waals surface area contributed by atoms with E-state index in [0.29, 0.717) is 5.82 Å². The number of ether oxygens (including phenoxy) is 1. The molecule has 1 fully saturated rings. The van der Waals surface area contributed by atoms with E-state index in [1.54, 1.807) is 0 Å². The number of nitrogens with zero attached hydrogens (tertiary/aromatic N) is 3. The molecule has 0 radical (unpaired) electrons. The molecule has 2 N–H and O–H groups in total. The fraction of sp³-hybridized carbons (Fsp3) is 0.714. The first-order valence-electron chi connectivity index (χ1n) is 7.12. The highest BCUT2D eigenvalue weighted by Gasteiger charge is 2.24. The molecule has 2 heterocycles. The lowest BCUT2D eigenvalue weighted by Crippen LogP contribution is -2.39. The van der Waals surface area contributed by atoms with Gasteiger partial charge in [-0.05, 0) is 26.3 Å². The van der Waals surface area contributed by atoms with Gasteiger partial charge in [-0.25, -0.2) is 9.97 Å². The summed E-state index contributed by atoms with van der Waals surface area (Å²) in [6, 6.07) is 0. The van der Waals surface area contributed by atoms with Gasteiger partial charge in [0.25, 0.3) is 0 Å². The molecular formula is C14H24N4O. The minimum Gasteiger partial charge on any atom is -0.383 e. The SMILES string of the molecule is CCCN1CCOC(c2nc(C)c(CC)c(N)n2)C1. The van der Waals surface area contributed by atoms with Gasteiger partial charge >= 0.3 is 0 Å². The smallest absolute Gasteiger partial charge is 0.161 e. The third-order valence-electron chi connectivity index (χ3n) is 3.60. The van der Waals surface area contributed by atoms with E-state index >= 15 is 0 Å². The minimum atomic E-state index is -0.0489. The summed E-state index contributed by atoms with van der Waals surface area (Å²) in [5, 5.41) is 0. The van der Waals surface area contributed by atoms with Crippen molar-refractivity contribution >= 4 is 5.82 Å². The van der Waals surface area contributed by atoms with E-state index in [9.17, 15) is 0 Å². The van der Waals surface area contributed by atoms with Crippen LogP contribution < -0.4 is 5.73 Å². The Morgan fingerprint density at radius 3 is 2.79 bits per heavy atom. The van der Waals surface area contributed by atoms with Crippen molar-refractivity contribution in [2.45, 2.75) is 39.7 Å². The minimum absolute atomic E-state index is 0.0489. The Balaban J connectivity index is 2.17. The van der Waals surface area contributed by atoms with Crippen molar-refractivity contribution in [2.75, 3.05) is 32.0 Å². The van der Waals surface area contributed by atoms with Crippen LogP contribution in [0.1, 0.15) is 43.5 Å². The first-order valence-corrected chi connectivity index (χ1v) is 7.12. The summed E-state index contributed by atoms with van der Waals surface area (Å²) in [5.41, 5.74) is 8.03. The normalized spacial score (nSPS) is 20.7. The standard InChI is InChI=1S/C14H24N4O/c1-4-6-18-7-8-19-12(9-18)14-16-10(3)11(5-2)13(15)17-14/h12H,4-9H2,1-3H3,(H2,15,16,17). The molecule has 5 heteroatoms. The molecule has 1 atom stereocenters. The van der Waals surface area contributed by atoms with Crippen LogP contribution in [0.4, 0.5) is 5.82 Å². The lowest BCUT2D eigenvalue weighted by Gasteiger charge is -2.32. The molecule has 1 aromatic heterocycles. The maximum Gasteiger partial charge on any atom is 0.161 e. The highest BCUT2D eigenvalue weighted by Crippen LogP contribution is 2.22. The van der Waals surface area contributed by atoms with Gasteiger partial charge in [-0.2, -0.15) is 0 Å². The second-order valence-corrected chi connectivity index (χ2v) is 5.04. The van der Waals surface area contributed by atoms with Crippen molar-refractivity contribution in [1.29, 1.82) is 0 Å². The number of morpholine rings is 1. The molecule has 1 unspecified atom stereocenters. The van der Waals surface area contributed by atoms with E-state index in [4.69, 9.17) is 10.5 Å². The number of nitrogen functional groups attached to an aromatic ring is 1. The van der Waals surface area contributed by atoms with Crippen molar-refractivity contribution in [2.24, 2.45) is 0 Å². The molecule has 2 rings (SSSR count). The number of aromatic nitrogens is 2. The predicted molar refractivity (Wildman–Crippen MR) is 76.0 cm³/mol. The number of rotatable bonds is 4. The molecule has 0 amide bonds. The van der Waals surface area contributed by atoms with E-state index < -0.39 is 0 Å². The van der Waals surface area contributed by atoms with Gasteiger partial charge < -0.3 is 10.5 Å². The Morgan fingerprint density at radius 1 is 1.37 bits per heavy atom. The summed E-state index contributed by atoms with van der Waals surface area (Å²) in [6.07, 6.45) is 1.97. The molecule has 1 aliphatic rings. The zero-order valence-corrected chi connectivity index (χ0v) is 12.1. The molecule has 0 aromatic carbocycles. The van der Waals surface area contributed by atoms with Gasteiger partial charge in [-0.15, -0.1) is 0 Å². The van der Waals surface area contributed by atoms with Gasteiger partial charge in [0.05, 0.1) is 6.61 Å². The maximum absolute atomic E-state index is 6.01. The third kappa shape index (κ3) is 3.22. The fourth-order valence-corrected chi connectivity index (χ4v) is 2.60. The van der Waals surface area contributed by atoms with Crippen LogP contribution in [0.2, 0.25) is 0 Å². The second-order valence-electron chi connectivity index (χ2n) is 5.04. The van der Waals surface area contributed by atoms with E-state index in [0.717, 1.165) is 56.2 Å². The molecule has 1 aromatic rings. The van der Waals surface area contributed by atoms with Crippen LogP contribution in [0.25, 0.3) is 0 Å². The summed E-state index contributed by atoms with van der Waals surface area (Å²) in [5.74, 6) is 1.33. The number of hydrogen-bond acceptors (Lipinski definition) is 5. The van der Waals surface area contributed by atoms with Crippen LogP contribution in [0.5, 0.6) is 0 Å². The van der Waals surface area contributed by atoms with Crippen LogP contribution in [0.15, 0.2) is 0 Å². The first kappa shape index (κ1) is 14.2. The van der Waals surface area contributed by atoms with Crippen molar-refractivity contribution in [1.82, 2.24) is 14.9 Å². The van der Waals surface area contributed by atoms with Crippen LogP contribution in [-0.2, 0) is 11.2 Å². The lowest BCUT2D eigenvalue weighted by molar-refractivity contribution is -0.0342. The number of aryl methyl sites for hydroxylation is 1. The van der Waals surface area contributed by atoms with Crippen LogP contribution >= 0.6 is 0 Å². The van der Waals surface area contributed by atoms with Gasteiger partial charge in [0.1, 0.15) is 11.9 Å². The maximum atomic E-state index is 6.01. The van der Waals surface area contributed by atoms with E-state index in [-0.39, 0.29) is 6.10 Å². The van der Waals surface area contributed by atoms with Gasteiger partial charge in [0.2, 0.25) is 0 Å². The highest BCUT2D eigenvalue weighted by atomic mass is 16.5. The van der Waals surface area contributed by atoms with E-state index in [1.165, 1.54) is 0 Å². The average molecular weight is 264 g/mol. The molecular weight excluding hydrogens is 240 g/mol. The van der Waals surface area contributed by atoms with Crippen molar-refractivity contribution in [3.05, 3.63) is 17.1 Å². The summed E-state index contributed by atoms with van der Waals surface area (Å²) in [4.78, 5) is 11.4. The van der Waals surface area contributed by atoms with Gasteiger partial charge in [0, 0.05) is 24.3 Å². The molecule has 5 nitrogen and oxygen atoms in total. The molecule has 1 saturated heterocycles. The summed E-state index contributed by atoms with van der Waals surface area (Å²) in [6.45, 7) is 9.95. The van der Waals surface area contributed by atoms with Crippen molar-refractivity contribution in [3.8, 4) is 0 Å². The molecule has 106 valence electrons. The largest absolute Gasteiger partial charge is 0.383 e. The fourth-order valence-electron chi connectivity index (χ4n) is 2.60. The Labute approximate surface area is 115 Å². The molecule has 0 bridgehead atoms. The van der Waals surface area contributed by atoms with Crippen LogP contribution in [0, 0.1) is 6.92 Å². The zero-order chi connectivity index (χ0) is 13.8. The Morgan fingerprint density at radius 2 is 2.16 bits per heavy atom. The summed E-state index contributed by atoms with van der Waals surface area (Å²) in [7, 11) is 0.